The largest absolute Gasteiger partial charge is 0.442 e. The lowest BCUT2D eigenvalue weighted by atomic mass is 9.87. The Morgan fingerprint density at radius 1 is 1.39 bits per heavy atom. The van der Waals surface area contributed by atoms with Crippen molar-refractivity contribution in [1.29, 1.82) is 0 Å². The third-order valence-corrected chi connectivity index (χ3v) is 4.29. The van der Waals surface area contributed by atoms with Crippen LogP contribution < -0.4 is 11.1 Å². The number of hydrogen-bond acceptors (Lipinski definition) is 5. The van der Waals surface area contributed by atoms with Crippen molar-refractivity contribution in [2.75, 3.05) is 0 Å². The number of amides is 1. The zero-order chi connectivity index (χ0) is 16.2. The van der Waals surface area contributed by atoms with Crippen molar-refractivity contribution < 1.29 is 9.32 Å². The van der Waals surface area contributed by atoms with Gasteiger partial charge in [-0.3, -0.25) is 14.3 Å². The third kappa shape index (κ3) is 3.67. The number of hydrogen-bond donors (Lipinski definition) is 1. The maximum Gasteiger partial charge on any atom is 0.442 e. The smallest absolute Gasteiger partial charge is 0.352 e. The predicted molar refractivity (Wildman–Crippen MR) is 83.6 cm³/mol. The van der Waals surface area contributed by atoms with Crippen LogP contribution in [0.5, 0.6) is 0 Å². The van der Waals surface area contributed by atoms with Crippen LogP contribution in [0, 0.1) is 5.92 Å². The van der Waals surface area contributed by atoms with Crippen molar-refractivity contribution in [3.8, 4) is 11.4 Å². The molecule has 0 unspecified atom stereocenters. The molecule has 0 saturated heterocycles. The van der Waals surface area contributed by atoms with Crippen LogP contribution in [0.4, 0.5) is 0 Å². The SMILES string of the molecule is CC1CCC(NC(=O)Cn2c(-c3cccnc3)noc2=O)CC1. The fraction of sp³-hybridized carbons (Fsp3) is 0.500. The van der Waals surface area contributed by atoms with E-state index in [-0.39, 0.29) is 18.5 Å². The topological polar surface area (TPSA) is 90.0 Å². The monoisotopic (exact) mass is 316 g/mol. The Labute approximate surface area is 133 Å². The van der Waals surface area contributed by atoms with Crippen molar-refractivity contribution in [2.45, 2.75) is 45.2 Å². The van der Waals surface area contributed by atoms with Gasteiger partial charge in [-0.05, 0) is 43.7 Å². The van der Waals surface area contributed by atoms with Gasteiger partial charge in [0.05, 0.1) is 0 Å². The molecule has 122 valence electrons. The maximum absolute atomic E-state index is 12.2. The fourth-order valence-electron chi connectivity index (χ4n) is 2.93. The van der Waals surface area contributed by atoms with Crippen LogP contribution in [0.3, 0.4) is 0 Å². The van der Waals surface area contributed by atoms with Gasteiger partial charge in [0.15, 0.2) is 5.82 Å². The third-order valence-electron chi connectivity index (χ3n) is 4.29. The Balaban J connectivity index is 1.69. The van der Waals surface area contributed by atoms with E-state index in [1.807, 2.05) is 0 Å². The number of carbonyl (C=O) groups is 1. The number of nitrogens with one attached hydrogen (secondary N) is 1. The number of nitrogens with zero attached hydrogens (tertiary/aromatic N) is 3. The average Bonchev–Trinajstić information content (AvgIpc) is 2.91. The van der Waals surface area contributed by atoms with E-state index in [1.54, 1.807) is 24.5 Å². The molecule has 1 aliphatic carbocycles. The molecule has 7 heteroatoms. The van der Waals surface area contributed by atoms with Gasteiger partial charge in [-0.25, -0.2) is 9.36 Å². The molecule has 2 aromatic heterocycles. The van der Waals surface area contributed by atoms with Crippen LogP contribution in [0.1, 0.15) is 32.6 Å². The highest BCUT2D eigenvalue weighted by Gasteiger charge is 2.21. The van der Waals surface area contributed by atoms with Crippen molar-refractivity contribution in [3.05, 3.63) is 35.1 Å². The summed E-state index contributed by atoms with van der Waals surface area (Å²) in [7, 11) is 0. The van der Waals surface area contributed by atoms with E-state index in [0.29, 0.717) is 11.4 Å². The Morgan fingerprint density at radius 3 is 2.87 bits per heavy atom. The Hall–Kier alpha value is -2.44. The minimum absolute atomic E-state index is 0.0986. The second-order valence-electron chi connectivity index (χ2n) is 6.12. The maximum atomic E-state index is 12.2. The molecule has 1 N–H and O–H groups in total. The number of rotatable bonds is 4. The summed E-state index contributed by atoms with van der Waals surface area (Å²) < 4.78 is 5.94. The second kappa shape index (κ2) is 6.76. The van der Waals surface area contributed by atoms with Gasteiger partial charge in [0.1, 0.15) is 6.54 Å². The van der Waals surface area contributed by atoms with Gasteiger partial charge in [0.2, 0.25) is 5.91 Å². The highest BCUT2D eigenvalue weighted by Crippen LogP contribution is 2.23. The van der Waals surface area contributed by atoms with E-state index in [1.165, 1.54) is 4.57 Å². The summed E-state index contributed by atoms with van der Waals surface area (Å²) in [5.41, 5.74) is 0.637. The normalized spacial score (nSPS) is 21.1. The first-order chi connectivity index (χ1) is 11.1. The molecule has 3 rings (SSSR count). The molecule has 0 atom stereocenters. The molecule has 1 amide bonds. The lowest BCUT2D eigenvalue weighted by Gasteiger charge is -2.26. The molecule has 0 bridgehead atoms. The lowest BCUT2D eigenvalue weighted by Crippen LogP contribution is -2.40. The van der Waals surface area contributed by atoms with E-state index in [2.05, 4.69) is 22.4 Å². The molecule has 1 saturated carbocycles. The Morgan fingerprint density at radius 2 is 2.17 bits per heavy atom. The van der Waals surface area contributed by atoms with E-state index >= 15 is 0 Å². The fourth-order valence-corrected chi connectivity index (χ4v) is 2.93. The molecule has 0 radical (unpaired) electrons. The quantitative estimate of drug-likeness (QED) is 0.925. The highest BCUT2D eigenvalue weighted by molar-refractivity contribution is 5.76. The number of pyridine rings is 1. The number of carbonyl (C=O) groups excluding carboxylic acids is 1. The number of aromatic nitrogens is 3. The van der Waals surface area contributed by atoms with Crippen LogP contribution >= 0.6 is 0 Å². The molecule has 0 aliphatic heterocycles. The molecular formula is C16H20N4O3. The first-order valence-corrected chi connectivity index (χ1v) is 7.89. The van der Waals surface area contributed by atoms with Gasteiger partial charge in [0, 0.05) is 24.0 Å². The first-order valence-electron chi connectivity index (χ1n) is 7.89. The Bertz CT molecular complexity index is 714. The molecule has 2 heterocycles. The molecule has 2 aromatic rings. The van der Waals surface area contributed by atoms with Gasteiger partial charge in [0.25, 0.3) is 0 Å². The van der Waals surface area contributed by atoms with Gasteiger partial charge in [-0.15, -0.1) is 0 Å². The zero-order valence-electron chi connectivity index (χ0n) is 13.1. The van der Waals surface area contributed by atoms with E-state index in [4.69, 9.17) is 4.52 Å². The van der Waals surface area contributed by atoms with E-state index in [9.17, 15) is 9.59 Å². The summed E-state index contributed by atoms with van der Waals surface area (Å²) in [6.07, 6.45) is 7.43. The van der Waals surface area contributed by atoms with E-state index < -0.39 is 5.76 Å². The summed E-state index contributed by atoms with van der Waals surface area (Å²) >= 11 is 0. The second-order valence-corrected chi connectivity index (χ2v) is 6.12. The van der Waals surface area contributed by atoms with Crippen LogP contribution in [0.2, 0.25) is 0 Å². The van der Waals surface area contributed by atoms with Crippen molar-refractivity contribution >= 4 is 5.91 Å². The van der Waals surface area contributed by atoms with Crippen LogP contribution in [-0.4, -0.2) is 26.7 Å². The molecule has 23 heavy (non-hydrogen) atoms. The average molecular weight is 316 g/mol. The molecule has 7 nitrogen and oxygen atoms in total. The molecule has 0 aromatic carbocycles. The standard InChI is InChI=1S/C16H20N4O3/c1-11-4-6-13(7-5-11)18-14(21)10-20-15(19-23-16(20)22)12-3-2-8-17-9-12/h2-3,8-9,11,13H,4-7,10H2,1H3,(H,18,21). The van der Waals surface area contributed by atoms with E-state index in [0.717, 1.165) is 31.6 Å². The van der Waals surface area contributed by atoms with Gasteiger partial charge < -0.3 is 5.32 Å². The summed E-state index contributed by atoms with van der Waals surface area (Å²) in [6, 6.07) is 3.69. The van der Waals surface area contributed by atoms with Gasteiger partial charge >= 0.3 is 5.76 Å². The Kier molecular flexibility index (Phi) is 4.55. The van der Waals surface area contributed by atoms with Crippen LogP contribution in [0.25, 0.3) is 11.4 Å². The van der Waals surface area contributed by atoms with Gasteiger partial charge in [-0.1, -0.05) is 12.1 Å². The minimum atomic E-state index is -0.642. The first kappa shape index (κ1) is 15.5. The molecule has 0 spiro atoms. The van der Waals surface area contributed by atoms with Crippen molar-refractivity contribution in [3.63, 3.8) is 0 Å². The summed E-state index contributed by atoms with van der Waals surface area (Å²) in [5.74, 6) is 0.202. The van der Waals surface area contributed by atoms with Crippen LogP contribution in [-0.2, 0) is 11.3 Å². The summed E-state index contributed by atoms with van der Waals surface area (Å²) in [4.78, 5) is 28.1. The minimum Gasteiger partial charge on any atom is -0.352 e. The summed E-state index contributed by atoms with van der Waals surface area (Å²) in [6.45, 7) is 2.13. The van der Waals surface area contributed by atoms with Crippen molar-refractivity contribution in [1.82, 2.24) is 20.0 Å². The molecular weight excluding hydrogens is 296 g/mol. The van der Waals surface area contributed by atoms with Gasteiger partial charge in [-0.2, -0.15) is 0 Å². The molecule has 1 aliphatic rings. The highest BCUT2D eigenvalue weighted by atomic mass is 16.5. The van der Waals surface area contributed by atoms with Crippen molar-refractivity contribution in [2.24, 2.45) is 5.92 Å². The predicted octanol–water partition coefficient (Wildman–Crippen LogP) is 1.59. The lowest BCUT2D eigenvalue weighted by molar-refractivity contribution is -0.122. The zero-order valence-corrected chi connectivity index (χ0v) is 13.1. The van der Waals surface area contributed by atoms with Crippen LogP contribution in [0.15, 0.2) is 33.8 Å². The molecule has 1 fully saturated rings. The summed E-state index contributed by atoms with van der Waals surface area (Å²) in [5, 5.41) is 6.75.